The fraction of sp³-hybridized carbons (Fsp3) is 0.600. The molecule has 0 bridgehead atoms. The molecule has 0 aliphatic rings. The lowest BCUT2D eigenvalue weighted by Gasteiger charge is -2.26. The molecule has 2 N–H and O–H groups in total. The Hall–Kier alpha value is -2.66. The molecule has 0 aromatic carbocycles. The molecule has 31 heavy (non-hydrogen) atoms. The van der Waals surface area contributed by atoms with Gasteiger partial charge in [-0.2, -0.15) is 0 Å². The summed E-state index contributed by atoms with van der Waals surface area (Å²) in [5.41, 5.74) is 1.25. The quantitative estimate of drug-likeness (QED) is 0.568. The SMILES string of the molecule is CC.CCCN(Cc1ncc(Nc2scnc2C(=O)N(C)OC)[nH]1)C(=O)OC(C)(C)C. The lowest BCUT2D eigenvalue weighted by molar-refractivity contribution is -0.0759. The third-order valence-electron chi connectivity index (χ3n) is 3.69. The van der Waals surface area contributed by atoms with E-state index < -0.39 is 5.60 Å². The molecule has 11 heteroatoms. The number of aromatic nitrogens is 3. The van der Waals surface area contributed by atoms with E-state index in [-0.39, 0.29) is 24.2 Å². The van der Waals surface area contributed by atoms with E-state index in [0.29, 0.717) is 23.2 Å². The number of carbonyl (C=O) groups excluding carboxylic acids is 2. The van der Waals surface area contributed by atoms with Crippen LogP contribution in [0.5, 0.6) is 0 Å². The highest BCUT2D eigenvalue weighted by Gasteiger charge is 2.23. The average molecular weight is 455 g/mol. The Balaban J connectivity index is 0.00000233. The Morgan fingerprint density at radius 1 is 1.26 bits per heavy atom. The zero-order valence-corrected chi connectivity index (χ0v) is 20.4. The van der Waals surface area contributed by atoms with Crippen LogP contribution in [-0.4, -0.2) is 63.2 Å². The summed E-state index contributed by atoms with van der Waals surface area (Å²) in [4.78, 5) is 42.8. The smallest absolute Gasteiger partial charge is 0.410 e. The molecule has 2 aromatic rings. The van der Waals surface area contributed by atoms with Crippen LogP contribution in [0, 0.1) is 0 Å². The molecule has 2 amide bonds. The number of nitrogens with one attached hydrogen (secondary N) is 2. The molecule has 0 radical (unpaired) electrons. The molecular formula is C20H34N6O4S. The first-order valence-corrected chi connectivity index (χ1v) is 11.1. The maximum Gasteiger partial charge on any atom is 0.410 e. The van der Waals surface area contributed by atoms with E-state index in [1.165, 1.54) is 25.5 Å². The number of aromatic amines is 1. The fourth-order valence-corrected chi connectivity index (χ4v) is 3.04. The molecular weight excluding hydrogens is 420 g/mol. The minimum absolute atomic E-state index is 0.247. The van der Waals surface area contributed by atoms with Crippen molar-refractivity contribution < 1.29 is 19.2 Å². The van der Waals surface area contributed by atoms with Crippen LogP contribution in [0.4, 0.5) is 15.6 Å². The van der Waals surface area contributed by atoms with Crippen molar-refractivity contribution in [3.05, 3.63) is 23.2 Å². The minimum Gasteiger partial charge on any atom is -0.444 e. The number of hydrogen-bond donors (Lipinski definition) is 2. The second-order valence-corrected chi connectivity index (χ2v) is 8.14. The van der Waals surface area contributed by atoms with Gasteiger partial charge in [0.1, 0.15) is 22.2 Å². The van der Waals surface area contributed by atoms with Gasteiger partial charge < -0.3 is 19.9 Å². The predicted octanol–water partition coefficient (Wildman–Crippen LogP) is 4.42. The predicted molar refractivity (Wildman–Crippen MR) is 121 cm³/mol. The second kappa shape index (κ2) is 12.3. The molecule has 10 nitrogen and oxygen atoms in total. The highest BCUT2D eigenvalue weighted by atomic mass is 32.1. The number of anilines is 2. The molecule has 0 aliphatic heterocycles. The summed E-state index contributed by atoms with van der Waals surface area (Å²) >= 11 is 1.29. The summed E-state index contributed by atoms with van der Waals surface area (Å²) in [5.74, 6) is 0.812. The molecule has 2 rings (SSSR count). The summed E-state index contributed by atoms with van der Waals surface area (Å²) in [7, 11) is 2.92. The Morgan fingerprint density at radius 3 is 2.52 bits per heavy atom. The Bertz CT molecular complexity index is 830. The van der Waals surface area contributed by atoms with Gasteiger partial charge in [-0.05, 0) is 27.2 Å². The number of thiazole rings is 1. The number of rotatable bonds is 8. The van der Waals surface area contributed by atoms with Gasteiger partial charge in [-0.1, -0.05) is 20.8 Å². The molecule has 174 valence electrons. The molecule has 0 saturated heterocycles. The first-order chi connectivity index (χ1) is 14.6. The number of ether oxygens (including phenoxy) is 1. The third kappa shape index (κ3) is 8.18. The van der Waals surface area contributed by atoms with Crippen LogP contribution < -0.4 is 5.32 Å². The van der Waals surface area contributed by atoms with E-state index in [2.05, 4.69) is 20.3 Å². The molecule has 0 spiro atoms. The molecule has 0 unspecified atom stereocenters. The molecule has 2 heterocycles. The lowest BCUT2D eigenvalue weighted by Crippen LogP contribution is -2.37. The number of amides is 2. The molecule has 0 aliphatic carbocycles. The summed E-state index contributed by atoms with van der Waals surface area (Å²) < 4.78 is 5.46. The number of hydrogen-bond acceptors (Lipinski definition) is 8. The third-order valence-corrected chi connectivity index (χ3v) is 4.43. The van der Waals surface area contributed by atoms with Crippen LogP contribution in [0.2, 0.25) is 0 Å². The maximum atomic E-state index is 12.4. The standard InChI is InChI=1S/C18H28N6O4S.C2H6/c1-7-8-24(17(26)28-18(2,3)4)10-13-19-9-12(21-13)22-15-14(20-11-29-15)16(25)23(5)27-6;1-2/h9,11,22H,7-8,10H2,1-6H3,(H,19,21);1-2H3. The van der Waals surface area contributed by atoms with Gasteiger partial charge in [0, 0.05) is 13.6 Å². The van der Waals surface area contributed by atoms with E-state index in [4.69, 9.17) is 9.57 Å². The van der Waals surface area contributed by atoms with Gasteiger partial charge in [-0.25, -0.2) is 19.8 Å². The van der Waals surface area contributed by atoms with Crippen LogP contribution in [-0.2, 0) is 16.1 Å². The number of nitrogens with zero attached hydrogens (tertiary/aromatic N) is 4. The van der Waals surface area contributed by atoms with Crippen molar-refractivity contribution in [1.29, 1.82) is 0 Å². The van der Waals surface area contributed by atoms with Gasteiger partial charge in [-0.3, -0.25) is 9.63 Å². The Morgan fingerprint density at radius 2 is 1.94 bits per heavy atom. The Kier molecular flexibility index (Phi) is 10.4. The fourth-order valence-electron chi connectivity index (χ4n) is 2.36. The van der Waals surface area contributed by atoms with Crippen LogP contribution in [0.15, 0.2) is 11.7 Å². The zero-order chi connectivity index (χ0) is 23.6. The van der Waals surface area contributed by atoms with Crippen LogP contribution in [0.25, 0.3) is 0 Å². The average Bonchev–Trinajstić information content (AvgIpc) is 3.36. The topological polar surface area (TPSA) is 113 Å². The molecule has 2 aromatic heterocycles. The monoisotopic (exact) mass is 454 g/mol. The number of hydroxylamine groups is 2. The molecule has 0 saturated carbocycles. The van der Waals surface area contributed by atoms with Gasteiger partial charge >= 0.3 is 6.09 Å². The summed E-state index contributed by atoms with van der Waals surface area (Å²) in [6.07, 6.45) is 2.01. The maximum absolute atomic E-state index is 12.4. The van der Waals surface area contributed by atoms with Gasteiger partial charge in [0.2, 0.25) is 0 Å². The van der Waals surface area contributed by atoms with Crippen molar-refractivity contribution in [2.45, 2.75) is 60.1 Å². The number of H-pyrrole nitrogens is 1. The van der Waals surface area contributed by atoms with Gasteiger partial charge in [-0.15, -0.1) is 11.3 Å². The van der Waals surface area contributed by atoms with Gasteiger partial charge in [0.15, 0.2) is 5.69 Å². The summed E-state index contributed by atoms with van der Waals surface area (Å²) in [6.45, 7) is 12.3. The van der Waals surface area contributed by atoms with Gasteiger partial charge in [0.25, 0.3) is 5.91 Å². The van der Waals surface area contributed by atoms with Gasteiger partial charge in [0.05, 0.1) is 25.4 Å². The van der Waals surface area contributed by atoms with Crippen LogP contribution in [0.1, 0.15) is 64.3 Å². The second-order valence-electron chi connectivity index (χ2n) is 7.29. The largest absolute Gasteiger partial charge is 0.444 e. The first kappa shape index (κ1) is 26.4. The minimum atomic E-state index is -0.566. The van der Waals surface area contributed by atoms with Crippen LogP contribution >= 0.6 is 11.3 Å². The summed E-state index contributed by atoms with van der Waals surface area (Å²) in [6, 6.07) is 0. The van der Waals surface area contributed by atoms with E-state index in [0.717, 1.165) is 11.5 Å². The van der Waals surface area contributed by atoms with E-state index in [1.807, 2.05) is 41.5 Å². The van der Waals surface area contributed by atoms with Crippen LogP contribution in [0.3, 0.4) is 0 Å². The van der Waals surface area contributed by atoms with Crippen molar-refractivity contribution in [3.8, 4) is 0 Å². The number of carbonyl (C=O) groups is 2. The van der Waals surface area contributed by atoms with E-state index in [9.17, 15) is 9.59 Å². The zero-order valence-electron chi connectivity index (χ0n) is 19.6. The highest BCUT2D eigenvalue weighted by molar-refractivity contribution is 7.14. The van der Waals surface area contributed by atoms with Crippen molar-refractivity contribution in [1.82, 2.24) is 24.9 Å². The van der Waals surface area contributed by atoms with E-state index in [1.54, 1.807) is 16.6 Å². The van der Waals surface area contributed by atoms with Crippen molar-refractivity contribution in [3.63, 3.8) is 0 Å². The Labute approximate surface area is 187 Å². The highest BCUT2D eigenvalue weighted by Crippen LogP contribution is 2.25. The summed E-state index contributed by atoms with van der Waals surface area (Å²) in [5, 5.41) is 4.77. The first-order valence-electron chi connectivity index (χ1n) is 10.2. The molecule has 0 atom stereocenters. The van der Waals surface area contributed by atoms with E-state index >= 15 is 0 Å². The lowest BCUT2D eigenvalue weighted by atomic mass is 10.2. The van der Waals surface area contributed by atoms with Crippen molar-refractivity contribution >= 4 is 34.2 Å². The van der Waals surface area contributed by atoms with Crippen molar-refractivity contribution in [2.75, 3.05) is 26.0 Å². The molecule has 0 fully saturated rings. The van der Waals surface area contributed by atoms with Crippen molar-refractivity contribution in [2.24, 2.45) is 0 Å². The number of imidazole rings is 1. The normalized spacial score (nSPS) is 10.7.